The Morgan fingerprint density at radius 3 is 2.79 bits per heavy atom. The van der Waals surface area contributed by atoms with Crippen LogP contribution in [0.1, 0.15) is 22.3 Å². The van der Waals surface area contributed by atoms with Gasteiger partial charge in [-0.3, -0.25) is 14.6 Å². The monoisotopic (exact) mass is 321 g/mol. The van der Waals surface area contributed by atoms with Gasteiger partial charge in [0.1, 0.15) is 11.3 Å². The van der Waals surface area contributed by atoms with Crippen molar-refractivity contribution < 1.29 is 9.90 Å². The van der Waals surface area contributed by atoms with Crippen molar-refractivity contribution in [2.24, 2.45) is 0 Å². The van der Waals surface area contributed by atoms with E-state index in [0.29, 0.717) is 17.6 Å². The van der Waals surface area contributed by atoms with Gasteiger partial charge in [-0.15, -0.1) is 0 Å². The fourth-order valence-electron chi connectivity index (χ4n) is 3.25. The molecule has 2 N–H and O–H groups in total. The molecule has 3 heterocycles. The number of anilines is 1. The predicted octanol–water partition coefficient (Wildman–Crippen LogP) is 2.30. The fourth-order valence-corrected chi connectivity index (χ4v) is 3.25. The van der Waals surface area contributed by atoms with Crippen LogP contribution in [-0.4, -0.2) is 20.6 Å². The molecule has 0 saturated heterocycles. The smallest absolute Gasteiger partial charge is 0.267 e. The van der Waals surface area contributed by atoms with E-state index >= 15 is 0 Å². The molecule has 1 aliphatic rings. The van der Waals surface area contributed by atoms with Crippen molar-refractivity contribution >= 4 is 22.5 Å². The third-order valence-electron chi connectivity index (χ3n) is 4.33. The van der Waals surface area contributed by atoms with E-state index < -0.39 is 11.5 Å². The average Bonchev–Trinajstić information content (AvgIpc) is 2.60. The number of aryl methyl sites for hydroxylation is 2. The van der Waals surface area contributed by atoms with Crippen molar-refractivity contribution in [3.05, 3.63) is 64.2 Å². The third kappa shape index (κ3) is 2.15. The molecule has 1 aromatic carbocycles. The second kappa shape index (κ2) is 5.49. The molecule has 0 spiro atoms. The summed E-state index contributed by atoms with van der Waals surface area (Å²) < 4.78 is 1.59. The molecule has 6 nitrogen and oxygen atoms in total. The van der Waals surface area contributed by atoms with Crippen molar-refractivity contribution in [2.75, 3.05) is 5.32 Å². The number of aromatic hydroxyl groups is 1. The fraction of sp³-hybridized carbons (Fsp3) is 0.167. The van der Waals surface area contributed by atoms with E-state index in [1.165, 1.54) is 0 Å². The molecule has 0 unspecified atom stereocenters. The molecule has 0 fully saturated rings. The lowest BCUT2D eigenvalue weighted by molar-refractivity contribution is 0.102. The molecule has 0 bridgehead atoms. The summed E-state index contributed by atoms with van der Waals surface area (Å²) >= 11 is 0. The van der Waals surface area contributed by atoms with Crippen molar-refractivity contribution in [3.8, 4) is 5.75 Å². The van der Waals surface area contributed by atoms with E-state index in [1.807, 2.05) is 12.1 Å². The van der Waals surface area contributed by atoms with Crippen LogP contribution in [0.2, 0.25) is 0 Å². The Morgan fingerprint density at radius 1 is 1.21 bits per heavy atom. The van der Waals surface area contributed by atoms with Crippen LogP contribution in [0.5, 0.6) is 5.75 Å². The molecule has 0 saturated carbocycles. The molecule has 3 aromatic rings. The second-order valence-electron chi connectivity index (χ2n) is 5.79. The van der Waals surface area contributed by atoms with E-state index in [9.17, 15) is 14.7 Å². The van der Waals surface area contributed by atoms with E-state index in [1.54, 1.807) is 35.2 Å². The van der Waals surface area contributed by atoms with E-state index in [2.05, 4.69) is 10.3 Å². The number of hydrogen-bond acceptors (Lipinski definition) is 4. The minimum atomic E-state index is -0.620. The largest absolute Gasteiger partial charge is 0.506 e. The summed E-state index contributed by atoms with van der Waals surface area (Å²) in [4.78, 5) is 29.2. The van der Waals surface area contributed by atoms with Crippen LogP contribution in [0.25, 0.3) is 10.9 Å². The highest BCUT2D eigenvalue weighted by Crippen LogP contribution is 2.31. The zero-order chi connectivity index (χ0) is 16.7. The zero-order valence-electron chi connectivity index (χ0n) is 12.8. The van der Waals surface area contributed by atoms with E-state index in [-0.39, 0.29) is 11.3 Å². The molecule has 2 aromatic heterocycles. The first-order valence-corrected chi connectivity index (χ1v) is 7.75. The first-order chi connectivity index (χ1) is 11.7. The number of amides is 1. The van der Waals surface area contributed by atoms with Crippen molar-refractivity contribution in [1.29, 1.82) is 0 Å². The zero-order valence-corrected chi connectivity index (χ0v) is 12.8. The SMILES string of the molecule is O=C(Nc1ccncc1)c1c(O)c2cccc3c2n(c1=O)CCC3. The third-order valence-corrected chi connectivity index (χ3v) is 4.33. The number of para-hydroxylation sites is 1. The van der Waals surface area contributed by atoms with E-state index in [4.69, 9.17) is 0 Å². The van der Waals surface area contributed by atoms with Gasteiger partial charge < -0.3 is 15.0 Å². The summed E-state index contributed by atoms with van der Waals surface area (Å²) in [6, 6.07) is 8.76. The molecular formula is C18H15N3O3. The Balaban J connectivity index is 1.91. The van der Waals surface area contributed by atoms with Gasteiger partial charge in [-0.25, -0.2) is 0 Å². The molecule has 120 valence electrons. The normalized spacial score (nSPS) is 13.0. The molecule has 0 aliphatic carbocycles. The van der Waals surface area contributed by atoms with Gasteiger partial charge in [-0.2, -0.15) is 0 Å². The molecule has 0 radical (unpaired) electrons. The molecule has 4 rings (SSSR count). The van der Waals surface area contributed by atoms with Gasteiger partial charge >= 0.3 is 0 Å². The molecule has 1 aliphatic heterocycles. The van der Waals surface area contributed by atoms with Gasteiger partial charge in [0.25, 0.3) is 11.5 Å². The Morgan fingerprint density at radius 2 is 2.00 bits per heavy atom. The summed E-state index contributed by atoms with van der Waals surface area (Å²) in [6.45, 7) is 0.544. The number of nitrogens with zero attached hydrogens (tertiary/aromatic N) is 2. The van der Waals surface area contributed by atoms with Crippen LogP contribution >= 0.6 is 0 Å². The first kappa shape index (κ1) is 14.4. The number of hydrogen-bond donors (Lipinski definition) is 2. The highest BCUT2D eigenvalue weighted by atomic mass is 16.3. The molecule has 0 atom stereocenters. The lowest BCUT2D eigenvalue weighted by Crippen LogP contribution is -2.31. The maximum absolute atomic E-state index is 12.8. The number of pyridine rings is 2. The van der Waals surface area contributed by atoms with Gasteiger partial charge in [-0.05, 0) is 36.6 Å². The number of aromatic nitrogens is 2. The number of nitrogens with one attached hydrogen (secondary N) is 1. The molecule has 6 heteroatoms. The molecule has 24 heavy (non-hydrogen) atoms. The summed E-state index contributed by atoms with van der Waals surface area (Å²) in [6.07, 6.45) is 4.78. The lowest BCUT2D eigenvalue weighted by atomic mass is 9.99. The van der Waals surface area contributed by atoms with Crippen LogP contribution in [0.4, 0.5) is 5.69 Å². The highest BCUT2D eigenvalue weighted by molar-refractivity contribution is 6.09. The number of benzene rings is 1. The van der Waals surface area contributed by atoms with Crippen molar-refractivity contribution in [2.45, 2.75) is 19.4 Å². The lowest BCUT2D eigenvalue weighted by Gasteiger charge is -2.21. The predicted molar refractivity (Wildman–Crippen MR) is 90.4 cm³/mol. The van der Waals surface area contributed by atoms with Gasteiger partial charge in [0.15, 0.2) is 0 Å². The highest BCUT2D eigenvalue weighted by Gasteiger charge is 2.25. The van der Waals surface area contributed by atoms with Gasteiger partial charge in [0, 0.05) is 30.0 Å². The first-order valence-electron chi connectivity index (χ1n) is 7.75. The minimum absolute atomic E-state index is 0.224. The van der Waals surface area contributed by atoms with Gasteiger partial charge in [0.05, 0.1) is 5.52 Å². The maximum atomic E-state index is 12.8. The number of carbonyl (C=O) groups excluding carboxylic acids is 1. The van der Waals surface area contributed by atoms with Gasteiger partial charge in [-0.1, -0.05) is 12.1 Å². The Kier molecular flexibility index (Phi) is 3.30. The number of rotatable bonds is 2. The van der Waals surface area contributed by atoms with Crippen LogP contribution in [0.3, 0.4) is 0 Å². The van der Waals surface area contributed by atoms with Crippen LogP contribution in [0, 0.1) is 0 Å². The van der Waals surface area contributed by atoms with Gasteiger partial charge in [0.2, 0.25) is 0 Å². The minimum Gasteiger partial charge on any atom is -0.506 e. The van der Waals surface area contributed by atoms with E-state index in [0.717, 1.165) is 23.9 Å². The average molecular weight is 321 g/mol. The quantitative estimate of drug-likeness (QED) is 0.758. The summed E-state index contributed by atoms with van der Waals surface area (Å²) in [5, 5.41) is 13.7. The number of carbonyl (C=O) groups is 1. The Hall–Kier alpha value is -3.15. The second-order valence-corrected chi connectivity index (χ2v) is 5.79. The maximum Gasteiger partial charge on any atom is 0.267 e. The topological polar surface area (TPSA) is 84.2 Å². The summed E-state index contributed by atoms with van der Waals surface area (Å²) in [5.41, 5.74) is 1.58. The van der Waals surface area contributed by atoms with Crippen molar-refractivity contribution in [1.82, 2.24) is 9.55 Å². The Bertz CT molecular complexity index is 1010. The summed E-state index contributed by atoms with van der Waals surface area (Å²) in [5.74, 6) is -0.883. The van der Waals surface area contributed by atoms with Crippen LogP contribution < -0.4 is 10.9 Å². The van der Waals surface area contributed by atoms with Crippen molar-refractivity contribution in [3.63, 3.8) is 0 Å². The molecular weight excluding hydrogens is 306 g/mol. The standard InChI is InChI=1S/C18H15N3O3/c22-16-13-5-1-3-11-4-2-10-21(15(11)13)18(24)14(16)17(23)20-12-6-8-19-9-7-12/h1,3,5-9,22H,2,4,10H2,(H,19,20,23). The van der Waals surface area contributed by atoms with Crippen LogP contribution in [0.15, 0.2) is 47.5 Å². The van der Waals surface area contributed by atoms with Crippen LogP contribution in [-0.2, 0) is 13.0 Å². The molecule has 1 amide bonds. The Labute approximate surface area is 137 Å². The summed E-state index contributed by atoms with van der Waals surface area (Å²) in [7, 11) is 0.